The van der Waals surface area contributed by atoms with Gasteiger partial charge in [0.1, 0.15) is 0 Å². The summed E-state index contributed by atoms with van der Waals surface area (Å²) in [4.78, 5) is 0. The van der Waals surface area contributed by atoms with Gasteiger partial charge in [0.05, 0.1) is 5.76 Å². The van der Waals surface area contributed by atoms with E-state index < -0.39 is 0 Å². The fraction of sp³-hybridized carbons (Fsp3) is 0.400. The zero-order valence-corrected chi connectivity index (χ0v) is 6.90. The van der Waals surface area contributed by atoms with E-state index >= 15 is 0 Å². The summed E-state index contributed by atoms with van der Waals surface area (Å²) in [6.07, 6.45) is 9.62. The summed E-state index contributed by atoms with van der Waals surface area (Å²) in [7, 11) is 0. The van der Waals surface area contributed by atoms with Crippen molar-refractivity contribution in [3.05, 3.63) is 35.8 Å². The van der Waals surface area contributed by atoms with E-state index in [4.69, 9.17) is 5.73 Å². The highest BCUT2D eigenvalue weighted by Crippen LogP contribution is 2.35. The van der Waals surface area contributed by atoms with Crippen molar-refractivity contribution in [1.29, 1.82) is 0 Å². The molecule has 2 unspecified atom stereocenters. The van der Waals surface area contributed by atoms with Gasteiger partial charge in [0.2, 0.25) is 0 Å². The molecule has 3 N–H and O–H groups in total. The van der Waals surface area contributed by atoms with Crippen LogP contribution in [0.25, 0.3) is 0 Å². The molecule has 12 heavy (non-hydrogen) atoms. The summed E-state index contributed by atoms with van der Waals surface area (Å²) in [5, 5.41) is 9.32. The molecule has 0 radical (unpaired) electrons. The molecule has 0 fully saturated rings. The van der Waals surface area contributed by atoms with E-state index in [2.05, 4.69) is 6.08 Å². The van der Waals surface area contributed by atoms with Gasteiger partial charge in [-0.25, -0.2) is 0 Å². The maximum absolute atomic E-state index is 9.32. The Morgan fingerprint density at radius 1 is 1.50 bits per heavy atom. The molecule has 0 heterocycles. The number of nitrogens with two attached hydrogens (primary N) is 1. The number of rotatable bonds is 0. The molecular formula is C10H13NO. The maximum Gasteiger partial charge on any atom is 0.0889 e. The van der Waals surface area contributed by atoms with Crippen LogP contribution in [0.3, 0.4) is 0 Å². The lowest BCUT2D eigenvalue weighted by Gasteiger charge is -2.29. The molecule has 0 saturated carbocycles. The van der Waals surface area contributed by atoms with Crippen LogP contribution in [-0.2, 0) is 0 Å². The molecule has 2 heteroatoms. The summed E-state index contributed by atoms with van der Waals surface area (Å²) < 4.78 is 0. The predicted octanol–water partition coefficient (Wildman–Crippen LogP) is 1.87. The van der Waals surface area contributed by atoms with Gasteiger partial charge in [0, 0.05) is 18.0 Å². The van der Waals surface area contributed by atoms with Gasteiger partial charge in [-0.2, -0.15) is 0 Å². The molecule has 2 rings (SSSR count). The first kappa shape index (κ1) is 7.47. The third-order valence-corrected chi connectivity index (χ3v) is 2.65. The summed E-state index contributed by atoms with van der Waals surface area (Å²) in [5.41, 5.74) is 6.73. The van der Waals surface area contributed by atoms with Gasteiger partial charge in [-0.1, -0.05) is 12.2 Å². The fourth-order valence-corrected chi connectivity index (χ4v) is 1.91. The van der Waals surface area contributed by atoms with Crippen molar-refractivity contribution in [2.45, 2.75) is 12.8 Å². The molecule has 2 aliphatic rings. The Morgan fingerprint density at radius 2 is 2.33 bits per heavy atom. The number of fused-ring (bicyclic) bond motifs is 1. The minimum absolute atomic E-state index is 0.333. The van der Waals surface area contributed by atoms with Crippen LogP contribution in [0.1, 0.15) is 12.8 Å². The number of aliphatic hydroxyl groups is 1. The molecule has 0 aromatic carbocycles. The number of allylic oxidation sites excluding steroid dienone is 6. The molecule has 0 aliphatic heterocycles. The van der Waals surface area contributed by atoms with Crippen LogP contribution in [-0.4, -0.2) is 5.11 Å². The molecule has 2 aliphatic carbocycles. The molecule has 0 aromatic rings. The summed E-state index contributed by atoms with van der Waals surface area (Å²) in [6, 6.07) is 0. The molecule has 0 aromatic heterocycles. The Labute approximate surface area is 72.1 Å². The van der Waals surface area contributed by atoms with Crippen molar-refractivity contribution < 1.29 is 5.11 Å². The fourth-order valence-electron chi connectivity index (χ4n) is 1.91. The van der Waals surface area contributed by atoms with E-state index in [1.165, 1.54) is 0 Å². The topological polar surface area (TPSA) is 46.2 Å². The summed E-state index contributed by atoms with van der Waals surface area (Å²) >= 11 is 0. The van der Waals surface area contributed by atoms with Crippen LogP contribution in [0, 0.1) is 11.8 Å². The highest BCUT2D eigenvalue weighted by molar-refractivity contribution is 5.25. The van der Waals surface area contributed by atoms with Crippen molar-refractivity contribution in [2.75, 3.05) is 0 Å². The zero-order valence-electron chi connectivity index (χ0n) is 6.90. The normalized spacial score (nSPS) is 33.7. The second-order valence-corrected chi connectivity index (χ2v) is 3.46. The van der Waals surface area contributed by atoms with Crippen LogP contribution in [0.4, 0.5) is 0 Å². The predicted molar refractivity (Wildman–Crippen MR) is 48.3 cm³/mol. The summed E-state index contributed by atoms with van der Waals surface area (Å²) in [5.74, 6) is 1.33. The third-order valence-electron chi connectivity index (χ3n) is 2.65. The van der Waals surface area contributed by atoms with E-state index in [0.29, 0.717) is 24.0 Å². The van der Waals surface area contributed by atoms with E-state index in [1.54, 1.807) is 0 Å². The standard InChI is InChI=1S/C10H13NO/c11-10-3-1-2-7-4-5-8(12)6-9(7)10/h1-3,5,7,9,12H,4,6,11H2. The van der Waals surface area contributed by atoms with Crippen molar-refractivity contribution in [3.63, 3.8) is 0 Å². The highest BCUT2D eigenvalue weighted by Gasteiger charge is 2.27. The Morgan fingerprint density at radius 3 is 3.17 bits per heavy atom. The molecule has 0 bridgehead atoms. The van der Waals surface area contributed by atoms with Gasteiger partial charge in [0.25, 0.3) is 0 Å². The van der Waals surface area contributed by atoms with E-state index in [9.17, 15) is 5.11 Å². The van der Waals surface area contributed by atoms with Gasteiger partial charge in [-0.05, 0) is 24.5 Å². The lowest BCUT2D eigenvalue weighted by atomic mass is 9.78. The monoisotopic (exact) mass is 163 g/mol. The Balaban J connectivity index is 2.24. The molecule has 0 saturated heterocycles. The molecule has 0 spiro atoms. The largest absolute Gasteiger partial charge is 0.513 e. The quantitative estimate of drug-likeness (QED) is 0.572. The van der Waals surface area contributed by atoms with Crippen molar-refractivity contribution in [1.82, 2.24) is 0 Å². The second-order valence-electron chi connectivity index (χ2n) is 3.46. The average molecular weight is 163 g/mol. The first-order chi connectivity index (χ1) is 5.77. The minimum atomic E-state index is 0.333. The van der Waals surface area contributed by atoms with Crippen LogP contribution in [0.2, 0.25) is 0 Å². The third kappa shape index (κ3) is 1.13. The molecule has 64 valence electrons. The highest BCUT2D eigenvalue weighted by atomic mass is 16.3. The molecule has 2 nitrogen and oxygen atoms in total. The van der Waals surface area contributed by atoms with Crippen molar-refractivity contribution in [2.24, 2.45) is 17.6 Å². The Hall–Kier alpha value is -1.18. The first-order valence-electron chi connectivity index (χ1n) is 4.29. The Kier molecular flexibility index (Phi) is 1.68. The minimum Gasteiger partial charge on any atom is -0.513 e. The molecule has 0 amide bonds. The number of hydrogen-bond acceptors (Lipinski definition) is 2. The lowest BCUT2D eigenvalue weighted by molar-refractivity contribution is 0.306. The first-order valence-corrected chi connectivity index (χ1v) is 4.29. The van der Waals surface area contributed by atoms with Crippen molar-refractivity contribution in [3.8, 4) is 0 Å². The van der Waals surface area contributed by atoms with Gasteiger partial charge in [-0.3, -0.25) is 0 Å². The van der Waals surface area contributed by atoms with E-state index in [-0.39, 0.29) is 0 Å². The van der Waals surface area contributed by atoms with Crippen LogP contribution in [0.15, 0.2) is 35.8 Å². The second kappa shape index (κ2) is 2.70. The summed E-state index contributed by atoms with van der Waals surface area (Å²) in [6.45, 7) is 0. The van der Waals surface area contributed by atoms with Crippen LogP contribution >= 0.6 is 0 Å². The number of aliphatic hydroxyl groups excluding tert-OH is 1. The van der Waals surface area contributed by atoms with Crippen molar-refractivity contribution >= 4 is 0 Å². The smallest absolute Gasteiger partial charge is 0.0889 e. The lowest BCUT2D eigenvalue weighted by Crippen LogP contribution is -2.25. The van der Waals surface area contributed by atoms with Gasteiger partial charge < -0.3 is 10.8 Å². The van der Waals surface area contributed by atoms with Crippen LogP contribution in [0.5, 0.6) is 0 Å². The maximum atomic E-state index is 9.32. The zero-order chi connectivity index (χ0) is 8.55. The molecule has 2 atom stereocenters. The average Bonchev–Trinajstić information content (AvgIpc) is 2.07. The van der Waals surface area contributed by atoms with Crippen LogP contribution < -0.4 is 5.73 Å². The van der Waals surface area contributed by atoms with E-state index in [1.807, 2.05) is 18.2 Å². The van der Waals surface area contributed by atoms with E-state index in [0.717, 1.165) is 12.1 Å². The van der Waals surface area contributed by atoms with Gasteiger partial charge in [0.15, 0.2) is 0 Å². The van der Waals surface area contributed by atoms with Gasteiger partial charge >= 0.3 is 0 Å². The Bertz CT molecular complexity index is 276. The molecular weight excluding hydrogens is 150 g/mol. The van der Waals surface area contributed by atoms with Gasteiger partial charge in [-0.15, -0.1) is 0 Å². The SMILES string of the molecule is NC1=CC=CC2CC=C(O)CC12. The number of hydrogen-bond donors (Lipinski definition) is 2.